The van der Waals surface area contributed by atoms with Gasteiger partial charge in [0.2, 0.25) is 0 Å². The van der Waals surface area contributed by atoms with E-state index < -0.39 is 10.8 Å². The number of nitrogens with two attached hydrogens (primary N) is 1. The van der Waals surface area contributed by atoms with Gasteiger partial charge >= 0.3 is 0 Å². The fraction of sp³-hybridized carbons (Fsp3) is 0.692. The molecule has 0 aliphatic carbocycles. The number of hydrogen-bond acceptors (Lipinski definition) is 6. The third-order valence-corrected chi connectivity index (χ3v) is 4.93. The molecule has 0 radical (unpaired) electrons. The van der Waals surface area contributed by atoms with Crippen molar-refractivity contribution in [2.24, 2.45) is 5.84 Å². The molecule has 2 rings (SSSR count). The van der Waals surface area contributed by atoms with Crippen molar-refractivity contribution in [3.8, 4) is 0 Å². The average Bonchev–Trinajstić information content (AvgIpc) is 2.43. The summed E-state index contributed by atoms with van der Waals surface area (Å²) in [5.41, 5.74) is 3.56. The molecule has 4 N–H and O–H groups in total. The van der Waals surface area contributed by atoms with Crippen molar-refractivity contribution in [3.05, 3.63) is 11.4 Å². The van der Waals surface area contributed by atoms with Crippen LogP contribution in [0.5, 0.6) is 0 Å². The number of hydrazine groups is 1. The number of hydrogen-bond donors (Lipinski definition) is 3. The number of rotatable bonds is 4. The lowest BCUT2D eigenvalue weighted by Gasteiger charge is -2.24. The number of nitrogens with zero attached hydrogens (tertiary/aromatic N) is 2. The highest BCUT2D eigenvalue weighted by molar-refractivity contribution is 7.85. The van der Waals surface area contributed by atoms with Crippen LogP contribution in [0.4, 0.5) is 11.6 Å². The first-order valence-electron chi connectivity index (χ1n) is 6.98. The number of nitrogen functional groups attached to an aromatic ring is 1. The third kappa shape index (κ3) is 3.46. The molecular formula is C13H23N5OS. The van der Waals surface area contributed by atoms with Crippen molar-refractivity contribution >= 4 is 22.4 Å². The molecule has 1 aromatic heterocycles. The maximum Gasteiger partial charge on any atom is 0.148 e. The number of nitrogens with one attached hydrogen (secondary N) is 2. The van der Waals surface area contributed by atoms with Gasteiger partial charge in [-0.15, -0.1) is 0 Å². The first kappa shape index (κ1) is 15.2. The zero-order valence-corrected chi connectivity index (χ0v) is 13.1. The van der Waals surface area contributed by atoms with Crippen LogP contribution in [0.25, 0.3) is 0 Å². The van der Waals surface area contributed by atoms with Crippen molar-refractivity contribution in [3.63, 3.8) is 0 Å². The minimum absolute atomic E-state index is 0.238. The average molecular weight is 297 g/mol. The van der Waals surface area contributed by atoms with Crippen LogP contribution in [-0.2, 0) is 10.8 Å². The number of anilines is 2. The molecule has 0 atom stereocenters. The first-order valence-corrected chi connectivity index (χ1v) is 8.46. The van der Waals surface area contributed by atoms with E-state index in [0.717, 1.165) is 41.6 Å². The van der Waals surface area contributed by atoms with Gasteiger partial charge in [0.25, 0.3) is 0 Å². The Hall–Kier alpha value is -1.21. The van der Waals surface area contributed by atoms with E-state index in [4.69, 9.17) is 5.84 Å². The van der Waals surface area contributed by atoms with Gasteiger partial charge in [0.1, 0.15) is 17.5 Å². The fourth-order valence-corrected chi connectivity index (χ4v) is 3.50. The van der Waals surface area contributed by atoms with E-state index >= 15 is 0 Å². The van der Waals surface area contributed by atoms with Gasteiger partial charge in [-0.2, -0.15) is 0 Å². The lowest BCUT2D eigenvalue weighted by atomic mass is 10.1. The molecule has 1 fully saturated rings. The lowest BCUT2D eigenvalue weighted by molar-refractivity contribution is 0.621. The summed E-state index contributed by atoms with van der Waals surface area (Å²) in [6.45, 7) is 6.06. The molecular weight excluding hydrogens is 274 g/mol. The van der Waals surface area contributed by atoms with Crippen LogP contribution in [-0.4, -0.2) is 31.7 Å². The van der Waals surface area contributed by atoms with Gasteiger partial charge < -0.3 is 10.7 Å². The molecule has 0 unspecified atom stereocenters. The van der Waals surface area contributed by atoms with Gasteiger partial charge in [-0.25, -0.2) is 15.8 Å². The van der Waals surface area contributed by atoms with Crippen molar-refractivity contribution in [1.29, 1.82) is 0 Å². The summed E-state index contributed by atoms with van der Waals surface area (Å²) < 4.78 is 11.4. The quantitative estimate of drug-likeness (QED) is 0.576. The molecule has 112 valence electrons. The van der Waals surface area contributed by atoms with Crippen LogP contribution in [0.3, 0.4) is 0 Å². The second-order valence-corrected chi connectivity index (χ2v) is 7.17. The standard InChI is InChI=1S/C13H23N5OS/c1-8(2)11-16-12(9(3)13(17-11)18-14)15-10-4-6-20(19)7-5-10/h8,10H,4-7,14H2,1-3H3,(H2,15,16,17,18). The lowest BCUT2D eigenvalue weighted by Crippen LogP contribution is -2.30. The van der Waals surface area contributed by atoms with Crippen molar-refractivity contribution in [2.45, 2.75) is 45.6 Å². The summed E-state index contributed by atoms with van der Waals surface area (Å²) in [5.74, 6) is 9.55. The molecule has 0 amide bonds. The molecule has 20 heavy (non-hydrogen) atoms. The van der Waals surface area contributed by atoms with Crippen LogP contribution in [0.15, 0.2) is 0 Å². The van der Waals surface area contributed by atoms with Crippen molar-refractivity contribution in [2.75, 3.05) is 22.2 Å². The molecule has 2 heterocycles. The van der Waals surface area contributed by atoms with Crippen molar-refractivity contribution < 1.29 is 4.21 Å². The van der Waals surface area contributed by atoms with Crippen LogP contribution in [0, 0.1) is 6.92 Å². The predicted molar refractivity (Wildman–Crippen MR) is 83.2 cm³/mol. The second-order valence-electron chi connectivity index (χ2n) is 5.47. The molecule has 1 aromatic rings. The van der Waals surface area contributed by atoms with E-state index in [2.05, 4.69) is 34.6 Å². The van der Waals surface area contributed by atoms with Gasteiger partial charge in [-0.3, -0.25) is 4.21 Å². The zero-order chi connectivity index (χ0) is 14.7. The largest absolute Gasteiger partial charge is 0.367 e. The Bertz CT molecular complexity index is 496. The smallest absolute Gasteiger partial charge is 0.148 e. The Balaban J connectivity index is 2.21. The summed E-state index contributed by atoms with van der Waals surface area (Å²) in [6, 6.07) is 0.326. The van der Waals surface area contributed by atoms with Gasteiger partial charge in [0, 0.05) is 39.8 Å². The van der Waals surface area contributed by atoms with Gasteiger partial charge in [0.05, 0.1) is 0 Å². The molecule has 7 heteroatoms. The molecule has 1 aliphatic heterocycles. The first-order chi connectivity index (χ1) is 9.51. The Morgan fingerprint density at radius 1 is 1.25 bits per heavy atom. The van der Waals surface area contributed by atoms with Crippen LogP contribution in [0.1, 0.15) is 44.0 Å². The summed E-state index contributed by atoms with van der Waals surface area (Å²) in [5, 5.41) is 3.46. The van der Waals surface area contributed by atoms with Gasteiger partial charge in [-0.05, 0) is 19.8 Å². The molecule has 1 saturated heterocycles. The van der Waals surface area contributed by atoms with Gasteiger partial charge in [-0.1, -0.05) is 13.8 Å². The van der Waals surface area contributed by atoms with E-state index in [-0.39, 0.29) is 5.92 Å². The summed E-state index contributed by atoms with van der Waals surface area (Å²) in [6.07, 6.45) is 1.83. The Labute approximate surface area is 122 Å². The maximum atomic E-state index is 11.4. The Kier molecular flexibility index (Phi) is 4.93. The molecule has 6 nitrogen and oxygen atoms in total. The van der Waals surface area contributed by atoms with Crippen LogP contribution >= 0.6 is 0 Å². The summed E-state index contributed by atoms with van der Waals surface area (Å²) in [7, 11) is -0.647. The van der Waals surface area contributed by atoms with Crippen LogP contribution in [0.2, 0.25) is 0 Å². The Morgan fingerprint density at radius 3 is 2.40 bits per heavy atom. The highest BCUT2D eigenvalue weighted by Crippen LogP contribution is 2.24. The maximum absolute atomic E-state index is 11.4. The molecule has 1 aliphatic rings. The van der Waals surface area contributed by atoms with Gasteiger partial charge in [0.15, 0.2) is 0 Å². The third-order valence-electron chi connectivity index (χ3n) is 3.55. The second kappa shape index (κ2) is 6.49. The summed E-state index contributed by atoms with van der Waals surface area (Å²) >= 11 is 0. The monoisotopic (exact) mass is 297 g/mol. The molecule has 0 bridgehead atoms. The van der Waals surface area contributed by atoms with E-state index in [1.54, 1.807) is 0 Å². The predicted octanol–water partition coefficient (Wildman–Crippen LogP) is 1.52. The van der Waals surface area contributed by atoms with E-state index in [9.17, 15) is 4.21 Å². The minimum atomic E-state index is -0.647. The fourth-order valence-electron chi connectivity index (χ4n) is 2.20. The minimum Gasteiger partial charge on any atom is -0.367 e. The van der Waals surface area contributed by atoms with Crippen molar-refractivity contribution in [1.82, 2.24) is 9.97 Å². The topological polar surface area (TPSA) is 92.9 Å². The zero-order valence-electron chi connectivity index (χ0n) is 12.3. The highest BCUT2D eigenvalue weighted by atomic mass is 32.2. The SMILES string of the molecule is Cc1c(NN)nc(C(C)C)nc1NC1CCS(=O)CC1. The number of aromatic nitrogens is 2. The van der Waals surface area contributed by atoms with E-state index in [1.165, 1.54) is 0 Å². The summed E-state index contributed by atoms with van der Waals surface area (Å²) in [4.78, 5) is 9.02. The molecule has 0 saturated carbocycles. The van der Waals surface area contributed by atoms with E-state index in [0.29, 0.717) is 11.9 Å². The Morgan fingerprint density at radius 2 is 1.85 bits per heavy atom. The molecule has 0 spiro atoms. The van der Waals surface area contributed by atoms with E-state index in [1.807, 2.05) is 6.92 Å². The molecule has 0 aromatic carbocycles. The van der Waals surface area contributed by atoms with Crippen LogP contribution < -0.4 is 16.6 Å². The normalized spacial score (nSPS) is 22.9. The highest BCUT2D eigenvalue weighted by Gasteiger charge is 2.20.